The van der Waals surface area contributed by atoms with Gasteiger partial charge in [-0.1, -0.05) is 0 Å². The zero-order valence-corrected chi connectivity index (χ0v) is 7.17. The first-order valence-electron chi connectivity index (χ1n) is 3.13. The summed E-state index contributed by atoms with van der Waals surface area (Å²) in [4.78, 5) is 0. The normalized spacial score (nSPS) is 13.6. The number of unbranched alkanes of at least 4 members (excludes halogenated alkanes) is 1. The first-order chi connectivity index (χ1) is 3.81. The molecule has 0 aromatic rings. The molecule has 1 nitrogen and oxygen atoms in total. The van der Waals surface area contributed by atoms with Crippen molar-refractivity contribution in [2.24, 2.45) is 0 Å². The van der Waals surface area contributed by atoms with Crippen molar-refractivity contribution in [2.45, 2.75) is 39.2 Å². The zero-order chi connectivity index (χ0) is 6.41. The Kier molecular flexibility index (Phi) is 6.29. The van der Waals surface area contributed by atoms with Crippen LogP contribution in [-0.4, -0.2) is 6.10 Å². The molecule has 0 aromatic heterocycles. The second kappa shape index (κ2) is 5.80. The number of hydrogen-bond donors (Lipinski definition) is 0. The fourth-order valence-corrected chi connectivity index (χ4v) is 0.735. The molecule has 0 radical (unpaired) electrons. The molecule has 0 spiro atoms. The number of hydrogen-bond acceptors (Lipinski definition) is 1. The van der Waals surface area contributed by atoms with E-state index in [4.69, 9.17) is 3.32 Å². The van der Waals surface area contributed by atoms with E-state index < -0.39 is 0 Å². The standard InChI is InChI=1S/C6H13O.Ti/c1-3-4-5-6(2)7;/h6H,3-5H2,1-2H3;/q-1;+1. The molecule has 0 saturated carbocycles. The maximum atomic E-state index is 5.05. The average molecular weight is 149 g/mol. The molecule has 0 aromatic carbocycles. The van der Waals surface area contributed by atoms with Crippen molar-refractivity contribution in [3.63, 3.8) is 0 Å². The second-order valence-corrected chi connectivity index (χ2v) is 2.44. The SMILES string of the molecule is CCCCC(C)[O][Ti]. The third-order valence-electron chi connectivity index (χ3n) is 1.17. The van der Waals surface area contributed by atoms with Crippen LogP contribution in [0.2, 0.25) is 0 Å². The topological polar surface area (TPSA) is 9.23 Å². The molecule has 0 saturated heterocycles. The summed E-state index contributed by atoms with van der Waals surface area (Å²) in [6.45, 7) is 4.30. The molecule has 0 rings (SSSR count). The van der Waals surface area contributed by atoms with Crippen LogP contribution in [0.15, 0.2) is 0 Å². The van der Waals surface area contributed by atoms with Crippen LogP contribution in [0.4, 0.5) is 0 Å². The van der Waals surface area contributed by atoms with Gasteiger partial charge in [-0.3, -0.25) is 0 Å². The Balaban J connectivity index is 2.86. The molecule has 47 valence electrons. The van der Waals surface area contributed by atoms with Crippen LogP contribution in [0.25, 0.3) is 0 Å². The minimum atomic E-state index is 0.454. The maximum absolute atomic E-state index is 5.05. The van der Waals surface area contributed by atoms with Gasteiger partial charge in [0, 0.05) is 0 Å². The Morgan fingerprint density at radius 2 is 2.25 bits per heavy atom. The minimum absolute atomic E-state index is 0.454. The predicted octanol–water partition coefficient (Wildman–Crippen LogP) is 2.04. The van der Waals surface area contributed by atoms with Gasteiger partial charge in [-0.05, 0) is 0 Å². The summed E-state index contributed by atoms with van der Waals surface area (Å²) >= 11 is 1.76. The first kappa shape index (κ1) is 8.67. The second-order valence-electron chi connectivity index (χ2n) is 2.07. The van der Waals surface area contributed by atoms with Crippen molar-refractivity contribution in [3.05, 3.63) is 0 Å². The van der Waals surface area contributed by atoms with Gasteiger partial charge in [-0.15, -0.1) is 0 Å². The summed E-state index contributed by atoms with van der Waals surface area (Å²) in [7, 11) is 0. The quantitative estimate of drug-likeness (QED) is 0.555. The van der Waals surface area contributed by atoms with E-state index >= 15 is 0 Å². The molecule has 1 unspecified atom stereocenters. The van der Waals surface area contributed by atoms with Gasteiger partial charge in [0.15, 0.2) is 0 Å². The summed E-state index contributed by atoms with van der Waals surface area (Å²) in [6, 6.07) is 0. The molecular formula is C6H13OTi. The van der Waals surface area contributed by atoms with Crippen LogP contribution in [0.1, 0.15) is 33.1 Å². The van der Waals surface area contributed by atoms with Gasteiger partial charge in [0.1, 0.15) is 0 Å². The van der Waals surface area contributed by atoms with E-state index in [9.17, 15) is 0 Å². The molecule has 1 atom stereocenters. The van der Waals surface area contributed by atoms with Crippen LogP contribution < -0.4 is 0 Å². The van der Waals surface area contributed by atoms with Gasteiger partial charge in [0.05, 0.1) is 0 Å². The van der Waals surface area contributed by atoms with E-state index in [1.165, 1.54) is 19.3 Å². The van der Waals surface area contributed by atoms with Crippen LogP contribution in [0.5, 0.6) is 0 Å². The Labute approximate surface area is 63.7 Å². The zero-order valence-electron chi connectivity index (χ0n) is 5.61. The van der Waals surface area contributed by atoms with Crippen molar-refractivity contribution in [1.29, 1.82) is 0 Å². The van der Waals surface area contributed by atoms with E-state index in [0.717, 1.165) is 0 Å². The Morgan fingerprint density at radius 3 is 2.62 bits per heavy atom. The van der Waals surface area contributed by atoms with Gasteiger partial charge in [-0.25, -0.2) is 0 Å². The molecule has 2 heteroatoms. The summed E-state index contributed by atoms with van der Waals surface area (Å²) in [5, 5.41) is 0. The molecule has 0 aliphatic carbocycles. The molecular weight excluding hydrogens is 136 g/mol. The third kappa shape index (κ3) is 4.82. The van der Waals surface area contributed by atoms with E-state index in [0.29, 0.717) is 6.10 Å². The first-order valence-corrected chi connectivity index (χ1v) is 3.77. The summed E-state index contributed by atoms with van der Waals surface area (Å²) in [6.07, 6.45) is 4.21. The van der Waals surface area contributed by atoms with E-state index in [1.54, 1.807) is 20.8 Å². The molecule has 0 aliphatic heterocycles. The van der Waals surface area contributed by atoms with Crippen molar-refractivity contribution in [2.75, 3.05) is 0 Å². The van der Waals surface area contributed by atoms with Crippen molar-refractivity contribution in [1.82, 2.24) is 0 Å². The molecule has 0 heterocycles. The fourth-order valence-electron chi connectivity index (χ4n) is 0.551. The summed E-state index contributed by atoms with van der Waals surface area (Å²) in [5.74, 6) is 0. The molecule has 0 N–H and O–H groups in total. The van der Waals surface area contributed by atoms with Gasteiger partial charge in [0.25, 0.3) is 0 Å². The van der Waals surface area contributed by atoms with Gasteiger partial charge < -0.3 is 0 Å². The van der Waals surface area contributed by atoms with Crippen LogP contribution >= 0.6 is 0 Å². The molecule has 0 fully saturated rings. The third-order valence-corrected chi connectivity index (χ3v) is 1.79. The van der Waals surface area contributed by atoms with Gasteiger partial charge in [-0.2, -0.15) is 0 Å². The van der Waals surface area contributed by atoms with Crippen molar-refractivity contribution >= 4 is 0 Å². The van der Waals surface area contributed by atoms with E-state index in [-0.39, 0.29) is 0 Å². The summed E-state index contributed by atoms with van der Waals surface area (Å²) < 4.78 is 5.05. The van der Waals surface area contributed by atoms with Crippen LogP contribution in [0.3, 0.4) is 0 Å². The summed E-state index contributed by atoms with van der Waals surface area (Å²) in [5.41, 5.74) is 0. The van der Waals surface area contributed by atoms with E-state index in [2.05, 4.69) is 13.8 Å². The Bertz CT molecular complexity index is 47.8. The van der Waals surface area contributed by atoms with Gasteiger partial charge in [0.2, 0.25) is 0 Å². The predicted molar refractivity (Wildman–Crippen MR) is 30.1 cm³/mol. The van der Waals surface area contributed by atoms with Crippen molar-refractivity contribution < 1.29 is 24.1 Å². The molecule has 8 heavy (non-hydrogen) atoms. The Hall–Kier alpha value is 0.674. The molecule has 0 aliphatic rings. The molecule has 0 bridgehead atoms. The van der Waals surface area contributed by atoms with E-state index in [1.807, 2.05) is 0 Å². The Morgan fingerprint density at radius 1 is 1.62 bits per heavy atom. The monoisotopic (exact) mass is 149 g/mol. The van der Waals surface area contributed by atoms with Crippen LogP contribution in [-0.2, 0) is 24.1 Å². The van der Waals surface area contributed by atoms with Crippen LogP contribution in [0, 0.1) is 0 Å². The van der Waals surface area contributed by atoms with Crippen molar-refractivity contribution in [3.8, 4) is 0 Å². The fraction of sp³-hybridized carbons (Fsp3) is 1.00. The average Bonchev–Trinajstić information content (AvgIpc) is 1.83. The van der Waals surface area contributed by atoms with Gasteiger partial charge >= 0.3 is 63.4 Å². The number of rotatable bonds is 4. The molecule has 0 amide bonds.